The van der Waals surface area contributed by atoms with Crippen molar-refractivity contribution in [3.8, 4) is 5.75 Å². The molecule has 1 aliphatic heterocycles. The van der Waals surface area contributed by atoms with E-state index in [2.05, 4.69) is 40.2 Å². The molecular weight excluding hydrogens is 334 g/mol. The van der Waals surface area contributed by atoms with Gasteiger partial charge < -0.3 is 15.7 Å². The van der Waals surface area contributed by atoms with Crippen LogP contribution in [0.15, 0.2) is 59.6 Å². The van der Waals surface area contributed by atoms with Gasteiger partial charge in [-0.25, -0.2) is 0 Å². The number of hydrogen-bond acceptors (Lipinski definition) is 4. The summed E-state index contributed by atoms with van der Waals surface area (Å²) in [6, 6.07) is 18.3. The lowest BCUT2D eigenvalue weighted by atomic mass is 9.90. The Labute approximate surface area is 162 Å². The van der Waals surface area contributed by atoms with Gasteiger partial charge in [0.1, 0.15) is 5.75 Å². The van der Waals surface area contributed by atoms with Crippen molar-refractivity contribution in [2.45, 2.75) is 25.7 Å². The highest BCUT2D eigenvalue weighted by Gasteiger charge is 2.20. The Morgan fingerprint density at radius 1 is 1.04 bits per heavy atom. The number of phenolic OH excluding ortho intramolecular Hbond substituents is 1. The van der Waals surface area contributed by atoms with Crippen LogP contribution in [-0.4, -0.2) is 48.4 Å². The fourth-order valence-corrected chi connectivity index (χ4v) is 3.84. The van der Waals surface area contributed by atoms with Gasteiger partial charge in [0.25, 0.3) is 0 Å². The van der Waals surface area contributed by atoms with Gasteiger partial charge in [0, 0.05) is 30.8 Å². The predicted octanol–water partition coefficient (Wildman–Crippen LogP) is 3.48. The number of likely N-dealkylation sites (tertiary alicyclic amines) is 1. The molecule has 4 heteroatoms. The van der Waals surface area contributed by atoms with Gasteiger partial charge in [-0.1, -0.05) is 42.5 Å². The van der Waals surface area contributed by atoms with Gasteiger partial charge in [0.2, 0.25) is 0 Å². The lowest BCUT2D eigenvalue weighted by Gasteiger charge is -2.32. The summed E-state index contributed by atoms with van der Waals surface area (Å²) in [5, 5.41) is 10.2. The molecule has 0 aromatic heterocycles. The second-order valence-electron chi connectivity index (χ2n) is 7.36. The summed E-state index contributed by atoms with van der Waals surface area (Å²) in [4.78, 5) is 7.16. The average Bonchev–Trinajstić information content (AvgIpc) is 2.71. The number of rotatable bonds is 8. The highest BCUT2D eigenvalue weighted by molar-refractivity contribution is 6.02. The Morgan fingerprint density at radius 2 is 1.74 bits per heavy atom. The van der Waals surface area contributed by atoms with Gasteiger partial charge in [-0.05, 0) is 56.0 Å². The van der Waals surface area contributed by atoms with Gasteiger partial charge in [0.05, 0.1) is 6.54 Å². The molecule has 1 fully saturated rings. The van der Waals surface area contributed by atoms with Crippen LogP contribution in [0.4, 0.5) is 0 Å². The van der Waals surface area contributed by atoms with Crippen molar-refractivity contribution < 1.29 is 5.11 Å². The molecule has 1 saturated heterocycles. The summed E-state index contributed by atoms with van der Waals surface area (Å²) < 4.78 is 0. The monoisotopic (exact) mass is 365 g/mol. The molecule has 0 radical (unpaired) electrons. The third-order valence-corrected chi connectivity index (χ3v) is 5.39. The molecule has 3 rings (SSSR count). The summed E-state index contributed by atoms with van der Waals surface area (Å²) in [6.45, 7) is 4.39. The van der Waals surface area contributed by atoms with E-state index in [-0.39, 0.29) is 0 Å². The number of benzene rings is 2. The third-order valence-electron chi connectivity index (χ3n) is 5.39. The minimum absolute atomic E-state index is 0.301. The highest BCUT2D eigenvalue weighted by atomic mass is 16.3. The van der Waals surface area contributed by atoms with Crippen molar-refractivity contribution in [1.29, 1.82) is 0 Å². The quantitative estimate of drug-likeness (QED) is 0.704. The topological polar surface area (TPSA) is 61.8 Å². The van der Waals surface area contributed by atoms with Crippen molar-refractivity contribution in [3.05, 3.63) is 65.7 Å². The second kappa shape index (κ2) is 10.2. The number of para-hydroxylation sites is 1. The molecule has 0 saturated carbocycles. The van der Waals surface area contributed by atoms with Crippen LogP contribution in [0.5, 0.6) is 5.75 Å². The van der Waals surface area contributed by atoms with E-state index in [1.165, 1.54) is 24.8 Å². The predicted molar refractivity (Wildman–Crippen MR) is 112 cm³/mol. The van der Waals surface area contributed by atoms with Crippen LogP contribution in [0.2, 0.25) is 0 Å². The van der Waals surface area contributed by atoms with Crippen LogP contribution in [0, 0.1) is 5.92 Å². The molecule has 0 unspecified atom stereocenters. The largest absolute Gasteiger partial charge is 0.507 e. The molecular formula is C23H31N3O. The minimum atomic E-state index is 0.301. The lowest BCUT2D eigenvalue weighted by molar-refractivity contribution is 0.188. The number of phenols is 1. The maximum Gasteiger partial charge on any atom is 0.124 e. The number of aliphatic imine (C=N–C) groups is 1. The van der Waals surface area contributed by atoms with E-state index in [4.69, 9.17) is 5.73 Å². The smallest absolute Gasteiger partial charge is 0.124 e. The average molecular weight is 366 g/mol. The molecule has 3 N–H and O–H groups in total. The van der Waals surface area contributed by atoms with Crippen molar-refractivity contribution in [2.24, 2.45) is 16.6 Å². The zero-order valence-corrected chi connectivity index (χ0v) is 16.1. The number of piperidine rings is 1. The molecule has 1 aliphatic rings. The van der Waals surface area contributed by atoms with Gasteiger partial charge >= 0.3 is 0 Å². The Balaban J connectivity index is 1.51. The molecule has 1 heterocycles. The van der Waals surface area contributed by atoms with Gasteiger partial charge in [-0.3, -0.25) is 4.99 Å². The molecule has 0 aliphatic carbocycles. The van der Waals surface area contributed by atoms with E-state index < -0.39 is 0 Å². The number of hydrogen-bond donors (Lipinski definition) is 2. The first-order chi connectivity index (χ1) is 13.3. The van der Waals surface area contributed by atoms with Crippen LogP contribution in [0.1, 0.15) is 30.4 Å². The number of nitrogens with zero attached hydrogens (tertiary/aromatic N) is 2. The Hall–Kier alpha value is -2.17. The van der Waals surface area contributed by atoms with Crippen molar-refractivity contribution >= 4 is 5.71 Å². The summed E-state index contributed by atoms with van der Waals surface area (Å²) in [5.74, 6) is 1.09. The maximum absolute atomic E-state index is 10.2. The Bertz CT molecular complexity index is 721. The van der Waals surface area contributed by atoms with Crippen LogP contribution >= 0.6 is 0 Å². The zero-order chi connectivity index (χ0) is 18.9. The van der Waals surface area contributed by atoms with Crippen molar-refractivity contribution in [3.63, 3.8) is 0 Å². The van der Waals surface area contributed by atoms with Crippen LogP contribution in [-0.2, 0) is 6.42 Å². The summed E-state index contributed by atoms with van der Waals surface area (Å²) in [7, 11) is 0. The molecule has 144 valence electrons. The first-order valence-electron chi connectivity index (χ1n) is 10.0. The van der Waals surface area contributed by atoms with Crippen LogP contribution in [0.3, 0.4) is 0 Å². The summed E-state index contributed by atoms with van der Waals surface area (Å²) >= 11 is 0. The van der Waals surface area contributed by atoms with Crippen molar-refractivity contribution in [2.75, 3.05) is 32.7 Å². The number of aromatic hydroxyl groups is 1. The first kappa shape index (κ1) is 19.6. The van der Waals surface area contributed by atoms with Crippen molar-refractivity contribution in [1.82, 2.24) is 4.90 Å². The molecule has 4 nitrogen and oxygen atoms in total. The standard InChI is InChI=1S/C23H31N3O/c24-13-14-25-22(21-8-4-5-9-23(21)27)12-17-26-15-10-20(11-16-26)18-19-6-2-1-3-7-19/h1-9,20,27H,10-18,24H2/b25-22+. The van der Waals surface area contributed by atoms with Gasteiger partial charge in [0.15, 0.2) is 0 Å². The molecule has 0 amide bonds. The van der Waals surface area contributed by atoms with Gasteiger partial charge in [-0.15, -0.1) is 0 Å². The minimum Gasteiger partial charge on any atom is -0.507 e. The lowest BCUT2D eigenvalue weighted by Crippen LogP contribution is -2.35. The van der Waals surface area contributed by atoms with E-state index in [0.29, 0.717) is 18.8 Å². The van der Waals surface area contributed by atoms with Crippen LogP contribution in [0.25, 0.3) is 0 Å². The Kier molecular flexibility index (Phi) is 7.43. The summed E-state index contributed by atoms with van der Waals surface area (Å²) in [5.41, 5.74) is 8.88. The molecule has 0 atom stereocenters. The van der Waals surface area contributed by atoms with Crippen LogP contribution < -0.4 is 5.73 Å². The molecule has 2 aromatic carbocycles. The molecule has 2 aromatic rings. The first-order valence-corrected chi connectivity index (χ1v) is 10.0. The third kappa shape index (κ3) is 5.91. The van der Waals surface area contributed by atoms with E-state index in [1.807, 2.05) is 18.2 Å². The Morgan fingerprint density at radius 3 is 2.44 bits per heavy atom. The second-order valence-corrected chi connectivity index (χ2v) is 7.36. The fraction of sp³-hybridized carbons (Fsp3) is 0.435. The van der Waals surface area contributed by atoms with E-state index in [0.717, 1.165) is 43.2 Å². The maximum atomic E-state index is 10.2. The summed E-state index contributed by atoms with van der Waals surface area (Å²) in [6.07, 6.45) is 4.54. The molecule has 0 spiro atoms. The van der Waals surface area contributed by atoms with E-state index >= 15 is 0 Å². The van der Waals surface area contributed by atoms with Gasteiger partial charge in [-0.2, -0.15) is 0 Å². The van der Waals surface area contributed by atoms with E-state index in [1.54, 1.807) is 6.07 Å². The van der Waals surface area contributed by atoms with E-state index in [9.17, 15) is 5.11 Å². The number of nitrogens with two attached hydrogens (primary N) is 1. The molecule has 0 bridgehead atoms. The SMILES string of the molecule is NCC/N=C(\CCN1CCC(Cc2ccccc2)CC1)c1ccccc1O. The fourth-order valence-electron chi connectivity index (χ4n) is 3.84. The molecule has 27 heavy (non-hydrogen) atoms. The highest BCUT2D eigenvalue weighted by Crippen LogP contribution is 2.23. The normalized spacial score (nSPS) is 16.6. The zero-order valence-electron chi connectivity index (χ0n) is 16.1.